The average molecular weight is 585 g/mol. The molecule has 3 aromatic rings. The van der Waals surface area contributed by atoms with Crippen molar-refractivity contribution in [3.05, 3.63) is 88.5 Å². The fourth-order valence-electron chi connectivity index (χ4n) is 3.59. The summed E-state index contributed by atoms with van der Waals surface area (Å²) >= 11 is 1.74. The third-order valence-corrected chi connectivity index (χ3v) is 5.42. The summed E-state index contributed by atoms with van der Waals surface area (Å²) in [6.07, 6.45) is 3.36. The molecule has 0 N–H and O–H groups in total. The summed E-state index contributed by atoms with van der Waals surface area (Å²) in [6, 6.07) is 13.8. The predicted molar refractivity (Wildman–Crippen MR) is 142 cm³/mol. The molecule has 6 heteroatoms. The van der Waals surface area contributed by atoms with Crippen LogP contribution in [0.15, 0.2) is 65.3 Å². The van der Waals surface area contributed by atoms with E-state index in [2.05, 4.69) is 46.9 Å². The molecule has 0 saturated heterocycles. The van der Waals surface area contributed by atoms with Gasteiger partial charge in [-0.3, -0.25) is 10.5 Å². The van der Waals surface area contributed by atoms with Gasteiger partial charge in [-0.15, -0.1) is 59.7 Å². The smallest absolute Gasteiger partial charge is 0.107 e. The SMILES string of the molecule is CC1=[C-]C(C)C(C)=C1C.C[Si](C)=[Zr+2].Cc1[cH-]c2c(F)cc(F)cc2c1-c1ccccc1.Cl.Cl. The molecule has 1 unspecified atom stereocenters. The fraction of sp³-hybridized carbons (Fsp3) is 0.296. The third-order valence-electron chi connectivity index (χ3n) is 5.42. The van der Waals surface area contributed by atoms with Gasteiger partial charge >= 0.3 is 41.9 Å². The van der Waals surface area contributed by atoms with E-state index in [0.29, 0.717) is 16.7 Å². The van der Waals surface area contributed by atoms with Crippen LogP contribution in [0, 0.1) is 30.6 Å². The zero-order chi connectivity index (χ0) is 23.3. The number of halogens is 4. The maximum Gasteiger partial charge on any atom is 0.107 e. The molecule has 0 radical (unpaired) electrons. The van der Waals surface area contributed by atoms with Crippen LogP contribution in [0.1, 0.15) is 33.3 Å². The number of aryl methyl sites for hydroxylation is 1. The Labute approximate surface area is 225 Å². The molecule has 0 heterocycles. The van der Waals surface area contributed by atoms with E-state index in [-0.39, 0.29) is 30.2 Å². The molecule has 0 aliphatic heterocycles. The summed E-state index contributed by atoms with van der Waals surface area (Å²) in [7, 11) is 0. The maximum absolute atomic E-state index is 13.7. The molecule has 4 rings (SSSR count). The monoisotopic (exact) mass is 582 g/mol. The molecule has 0 bridgehead atoms. The maximum atomic E-state index is 13.7. The van der Waals surface area contributed by atoms with Gasteiger partial charge in [-0.2, -0.15) is 11.1 Å². The van der Waals surface area contributed by atoms with Crippen molar-refractivity contribution in [1.29, 1.82) is 0 Å². The molecule has 0 amide bonds. The van der Waals surface area contributed by atoms with Crippen molar-refractivity contribution < 1.29 is 32.1 Å². The van der Waals surface area contributed by atoms with E-state index in [1.54, 1.807) is 29.4 Å². The second-order valence-electron chi connectivity index (χ2n) is 8.22. The summed E-state index contributed by atoms with van der Waals surface area (Å²) in [5.74, 6) is -0.483. The first-order chi connectivity index (χ1) is 14.5. The number of hydrogen-bond donors (Lipinski definition) is 0. The minimum Gasteiger partial charge on any atom is -0.265 e. The van der Waals surface area contributed by atoms with Crippen LogP contribution in [-0.4, -0.2) is 5.43 Å². The van der Waals surface area contributed by atoms with Gasteiger partial charge in [0.2, 0.25) is 0 Å². The average Bonchev–Trinajstić information content (AvgIpc) is 3.13. The Morgan fingerprint density at radius 3 is 1.94 bits per heavy atom. The van der Waals surface area contributed by atoms with Crippen molar-refractivity contribution in [3.8, 4) is 11.1 Å². The van der Waals surface area contributed by atoms with Crippen LogP contribution in [0.3, 0.4) is 0 Å². The molecule has 0 spiro atoms. The summed E-state index contributed by atoms with van der Waals surface area (Å²) in [4.78, 5) is 0. The summed E-state index contributed by atoms with van der Waals surface area (Å²) in [6.45, 7) is 15.2. The Bertz CT molecular complexity index is 1140. The second-order valence-corrected chi connectivity index (χ2v) is 17.6. The van der Waals surface area contributed by atoms with Crippen LogP contribution < -0.4 is 0 Å². The van der Waals surface area contributed by atoms with Crippen LogP contribution in [0.2, 0.25) is 13.1 Å². The van der Waals surface area contributed by atoms with Crippen molar-refractivity contribution in [2.45, 2.75) is 47.7 Å². The van der Waals surface area contributed by atoms with Crippen LogP contribution >= 0.6 is 24.8 Å². The Balaban J connectivity index is 0.000000580. The Hall–Kier alpha value is -0.930. The van der Waals surface area contributed by atoms with Crippen molar-refractivity contribution >= 4 is 41.0 Å². The zero-order valence-corrected chi connectivity index (χ0v) is 25.4. The Morgan fingerprint density at radius 2 is 1.52 bits per heavy atom. The van der Waals surface area contributed by atoms with Crippen molar-refractivity contribution in [2.24, 2.45) is 5.92 Å². The van der Waals surface area contributed by atoms with E-state index in [0.717, 1.165) is 22.8 Å². The number of rotatable bonds is 1. The molecular formula is C27H32Cl2F2SiZr. The summed E-state index contributed by atoms with van der Waals surface area (Å²) < 4.78 is 27.1. The normalized spacial score (nSPS) is 14.3. The van der Waals surface area contributed by atoms with Crippen LogP contribution in [0.5, 0.6) is 0 Å². The first kappa shape index (κ1) is 32.1. The van der Waals surface area contributed by atoms with Crippen LogP contribution in [0.25, 0.3) is 21.9 Å². The molecule has 0 saturated carbocycles. The zero-order valence-electron chi connectivity index (χ0n) is 20.3. The molecule has 176 valence electrons. The number of hydrogen-bond acceptors (Lipinski definition) is 0. The van der Waals surface area contributed by atoms with Crippen molar-refractivity contribution in [1.82, 2.24) is 0 Å². The Kier molecular flexibility index (Phi) is 14.1. The van der Waals surface area contributed by atoms with Crippen LogP contribution in [0.4, 0.5) is 8.78 Å². The van der Waals surface area contributed by atoms with E-state index in [1.807, 2.05) is 37.3 Å². The number of benzene rings is 2. The largest absolute Gasteiger partial charge is 0.265 e. The second kappa shape index (κ2) is 14.5. The molecule has 0 aromatic heterocycles. The van der Waals surface area contributed by atoms with Gasteiger partial charge in [0.1, 0.15) is 5.82 Å². The Morgan fingerprint density at radius 1 is 0.970 bits per heavy atom. The molecule has 1 aliphatic rings. The van der Waals surface area contributed by atoms with Crippen LogP contribution in [-0.2, 0) is 23.3 Å². The first-order valence-corrected chi connectivity index (χ1v) is 16.6. The van der Waals surface area contributed by atoms with Gasteiger partial charge in [0.25, 0.3) is 0 Å². The summed E-state index contributed by atoms with van der Waals surface area (Å²) in [5.41, 5.74) is 7.30. The predicted octanol–water partition coefficient (Wildman–Crippen LogP) is 9.16. The first-order valence-electron chi connectivity index (χ1n) is 10.4. The van der Waals surface area contributed by atoms with Gasteiger partial charge in [-0.05, 0) is 6.07 Å². The number of allylic oxidation sites excluding steroid dienone is 4. The molecule has 33 heavy (non-hydrogen) atoms. The topological polar surface area (TPSA) is 0 Å². The van der Waals surface area contributed by atoms with E-state index in [4.69, 9.17) is 0 Å². The van der Waals surface area contributed by atoms with Gasteiger partial charge in [-0.25, -0.2) is 9.96 Å². The molecule has 1 aliphatic carbocycles. The van der Waals surface area contributed by atoms with E-state index >= 15 is 0 Å². The van der Waals surface area contributed by atoms with Gasteiger partial charge in [0.15, 0.2) is 0 Å². The van der Waals surface area contributed by atoms with E-state index < -0.39 is 11.6 Å². The molecule has 0 nitrogen and oxygen atoms in total. The van der Waals surface area contributed by atoms with Gasteiger partial charge in [-0.1, -0.05) is 75.6 Å². The fourth-order valence-corrected chi connectivity index (χ4v) is 3.59. The molecule has 3 aromatic carbocycles. The minimum atomic E-state index is -0.539. The third kappa shape index (κ3) is 8.66. The van der Waals surface area contributed by atoms with E-state index in [9.17, 15) is 8.78 Å². The molecule has 0 fully saturated rings. The number of fused-ring (bicyclic) bond motifs is 1. The quantitative estimate of drug-likeness (QED) is 0.198. The van der Waals surface area contributed by atoms with Gasteiger partial charge < -0.3 is 0 Å². The standard InChI is InChI=1S/C16H11F2.C9H13.C2H6Si.2ClH.Zr/c1-10-7-13-14(8-12(17)9-15(13)18)16(10)11-5-3-2-4-6-11;1-6-5-7(2)9(4)8(6)3;1-3-2;;;/h2-9H,1H3;6H,1-4H3;1-2H3;2*1H;/q2*-1;;;;+2. The van der Waals surface area contributed by atoms with E-state index in [1.165, 1.54) is 22.8 Å². The van der Waals surface area contributed by atoms with Crippen molar-refractivity contribution in [2.75, 3.05) is 0 Å². The van der Waals surface area contributed by atoms with Crippen molar-refractivity contribution in [3.63, 3.8) is 0 Å². The molecular weight excluding hydrogens is 553 g/mol. The van der Waals surface area contributed by atoms with Gasteiger partial charge in [0.05, 0.1) is 0 Å². The summed E-state index contributed by atoms with van der Waals surface area (Å²) in [5, 5.41) is 1.11. The van der Waals surface area contributed by atoms with Gasteiger partial charge in [0, 0.05) is 5.82 Å². The molecule has 1 atom stereocenters. The minimum absolute atomic E-state index is 0.